The number of ketones is 2. The minimum Gasteiger partial charge on any atom is -0.345 e. The van der Waals surface area contributed by atoms with Crippen molar-refractivity contribution in [1.29, 1.82) is 0 Å². The van der Waals surface area contributed by atoms with Gasteiger partial charge in [0.05, 0.1) is 59.3 Å². The molecule has 2 aliphatic rings. The van der Waals surface area contributed by atoms with Gasteiger partial charge in [0.2, 0.25) is 47.3 Å². The second-order valence-corrected chi connectivity index (χ2v) is 32.1. The third kappa shape index (κ3) is 26.6. The summed E-state index contributed by atoms with van der Waals surface area (Å²) in [4.78, 5) is 135. The molecule has 12 atom stereocenters. The van der Waals surface area contributed by atoms with Crippen molar-refractivity contribution < 1.29 is 47.9 Å². The van der Waals surface area contributed by atoms with Crippen molar-refractivity contribution in [3.05, 3.63) is 107 Å². The van der Waals surface area contributed by atoms with Gasteiger partial charge in [0.25, 0.3) is 0 Å². The number of rotatable bonds is 52. The number of nitrogens with two attached hydrogens (primary N) is 8. The van der Waals surface area contributed by atoms with E-state index in [1.54, 1.807) is 9.36 Å². The lowest BCUT2D eigenvalue weighted by Crippen LogP contribution is -2.57. The van der Waals surface area contributed by atoms with Crippen LogP contribution in [0.15, 0.2) is 73.1 Å². The molecule has 0 radical (unpaired) electrons. The third-order valence-corrected chi connectivity index (χ3v) is 22.5. The maximum absolute atomic E-state index is 14.0. The molecule has 644 valence electrons. The number of carbonyl (C=O) groups is 10. The Hall–Kier alpha value is -9.80. The molecule has 0 unspecified atom stereocenters. The minimum absolute atomic E-state index is 0.144. The number of Topliss-reactive ketones (excluding diaryl/α,β-unsaturated/α-hetero) is 2. The van der Waals surface area contributed by atoms with E-state index in [0.29, 0.717) is 179 Å². The summed E-state index contributed by atoms with van der Waals surface area (Å²) in [5, 5.41) is 44.4. The van der Waals surface area contributed by atoms with Crippen molar-refractivity contribution in [2.75, 3.05) is 39.3 Å². The zero-order valence-electron chi connectivity index (χ0n) is 69.9. The van der Waals surface area contributed by atoms with E-state index in [4.69, 9.17) is 45.9 Å². The predicted octanol–water partition coefficient (Wildman–Crippen LogP) is 3.62. The Balaban J connectivity index is 0.872. The number of aromatic nitrogens is 6. The molecular formula is C86H130N22O10. The average molecular weight is 1630 g/mol. The molecule has 0 spiro atoms. The SMILES string of the molecule is C[C@H](NC(=O)[C@H](CCCCN)NC(=O)[C@H](C)NC(=O)[C@@H](N)CCCCN)C(=O)N[C@@H](CCCCN)C(=O)CCCc1cn(-c2ccc3c4c(ccc3c2)C[C@H](C)/C4=C2\c3c(ccc4cc(-n5cc(CCCC(=O)[C@H](CCCCN)NC(=O)[C@H](C)NC(=O)[C@H](CCCCN)NC(=O)[C@H](C)NC(=O)[C@@H](N)CCCCN)nn5)ccc34)C[C@@H]2C)nn1. The molecule has 0 bridgehead atoms. The van der Waals surface area contributed by atoms with E-state index in [0.717, 1.165) is 45.8 Å². The third-order valence-electron chi connectivity index (χ3n) is 22.5. The molecule has 6 aromatic rings. The minimum atomic E-state index is -1.07. The van der Waals surface area contributed by atoms with Crippen molar-refractivity contribution >= 4 is 91.5 Å². The van der Waals surface area contributed by atoms with Gasteiger partial charge >= 0.3 is 0 Å². The summed E-state index contributed by atoms with van der Waals surface area (Å²) in [5.41, 5.74) is 57.3. The van der Waals surface area contributed by atoms with Gasteiger partial charge < -0.3 is 88.4 Å². The molecule has 2 aromatic heterocycles. The normalized spacial score (nSPS) is 16.9. The molecule has 24 N–H and O–H groups in total. The number of unbranched alkanes of at least 4 members (excludes halogenated alkanes) is 6. The van der Waals surface area contributed by atoms with Gasteiger partial charge in [-0.25, -0.2) is 9.36 Å². The van der Waals surface area contributed by atoms with E-state index in [1.165, 1.54) is 61.1 Å². The highest BCUT2D eigenvalue weighted by molar-refractivity contribution is 6.11. The monoisotopic (exact) mass is 1630 g/mol. The summed E-state index contributed by atoms with van der Waals surface area (Å²) in [7, 11) is 0. The summed E-state index contributed by atoms with van der Waals surface area (Å²) >= 11 is 0. The molecule has 0 saturated heterocycles. The highest BCUT2D eigenvalue weighted by Crippen LogP contribution is 2.52. The van der Waals surface area contributed by atoms with Crippen molar-refractivity contribution in [2.24, 2.45) is 57.7 Å². The van der Waals surface area contributed by atoms with Crippen LogP contribution in [0.5, 0.6) is 0 Å². The van der Waals surface area contributed by atoms with E-state index < -0.39 is 108 Å². The lowest BCUT2D eigenvalue weighted by Gasteiger charge is -2.25. The van der Waals surface area contributed by atoms with Crippen LogP contribution in [0, 0.1) is 11.8 Å². The molecule has 0 saturated carbocycles. The zero-order valence-corrected chi connectivity index (χ0v) is 69.9. The Labute approximate surface area is 692 Å². The number of benzene rings is 4. The van der Waals surface area contributed by atoms with E-state index in [2.05, 4.69) is 138 Å². The first-order valence-corrected chi connectivity index (χ1v) is 42.6. The van der Waals surface area contributed by atoms with Crippen LogP contribution in [0.4, 0.5) is 0 Å². The summed E-state index contributed by atoms with van der Waals surface area (Å²) < 4.78 is 3.51. The Morgan fingerprint density at radius 2 is 0.678 bits per heavy atom. The van der Waals surface area contributed by atoms with Crippen LogP contribution in [-0.2, 0) is 73.6 Å². The average Bonchev–Trinajstić information content (AvgIpc) is 1.56. The Morgan fingerprint density at radius 1 is 0.373 bits per heavy atom. The summed E-state index contributed by atoms with van der Waals surface area (Å²) in [6.45, 7) is 13.2. The lowest BCUT2D eigenvalue weighted by molar-refractivity contribution is -0.134. The molecule has 2 heterocycles. The Morgan fingerprint density at radius 3 is 1.01 bits per heavy atom. The fourth-order valence-corrected chi connectivity index (χ4v) is 15.6. The number of allylic oxidation sites excluding steroid dienone is 2. The van der Waals surface area contributed by atoms with Gasteiger partial charge in [0.1, 0.15) is 36.3 Å². The number of hydrogen-bond donors (Lipinski definition) is 16. The van der Waals surface area contributed by atoms with Gasteiger partial charge in [0.15, 0.2) is 11.6 Å². The van der Waals surface area contributed by atoms with Crippen molar-refractivity contribution in [3.63, 3.8) is 0 Å². The van der Waals surface area contributed by atoms with Crippen LogP contribution in [0.1, 0.15) is 216 Å². The number of amides is 8. The van der Waals surface area contributed by atoms with Gasteiger partial charge in [0, 0.05) is 12.8 Å². The van der Waals surface area contributed by atoms with Crippen LogP contribution < -0.4 is 88.4 Å². The maximum Gasteiger partial charge on any atom is 0.243 e. The molecule has 8 amide bonds. The number of carbonyl (C=O) groups excluding carboxylic acids is 10. The molecular weight excluding hydrogens is 1500 g/mol. The van der Waals surface area contributed by atoms with Gasteiger partial charge in [-0.2, -0.15) is 0 Å². The molecule has 118 heavy (non-hydrogen) atoms. The highest BCUT2D eigenvalue weighted by Gasteiger charge is 2.37. The van der Waals surface area contributed by atoms with Crippen LogP contribution in [-0.4, -0.2) is 188 Å². The first kappa shape index (κ1) is 93.7. The first-order valence-electron chi connectivity index (χ1n) is 42.6. The van der Waals surface area contributed by atoms with Crippen molar-refractivity contribution in [2.45, 2.75) is 269 Å². The van der Waals surface area contributed by atoms with E-state index in [-0.39, 0.29) is 49.1 Å². The molecule has 4 aromatic carbocycles. The molecule has 0 aliphatic heterocycles. The molecule has 32 heteroatoms. The van der Waals surface area contributed by atoms with Crippen LogP contribution in [0.2, 0.25) is 0 Å². The second kappa shape index (κ2) is 47.1. The van der Waals surface area contributed by atoms with Crippen LogP contribution >= 0.6 is 0 Å². The first-order chi connectivity index (χ1) is 56.7. The fraction of sp³-hybridized carbons (Fsp3) is 0.581. The molecule has 0 fully saturated rings. The largest absolute Gasteiger partial charge is 0.345 e. The van der Waals surface area contributed by atoms with E-state index in [9.17, 15) is 47.9 Å². The standard InChI is InChI=1S/C86H130N22O10/c1-51-45-59-33-31-57-47-63(107-49-61(103-105-107)21-19-29-73(109)69(25-9-15-41-89)99-79(111)55(5)97-85(117)71(27-11-17-43-91)101-81(113)53(3)95-83(115)67(93)23-7-13-39-87)35-37-65(57)77(59)75(51)76-52(2)46-60-34-32-58-48-64(36-38-66(58)78(60)76)108-50-62(104-106-108)22-20-30-74(110)70(26-10-16-42-90)100-80(112)56(6)98-86(118)72(28-12-18-44-92)102-82(114)54(4)96-84(116)68(94)24-8-14-40-88/h31-38,47-56,67-72H,7-30,39-46,87-94H2,1-6H3,(H,95,115)(H,96,116)(H,97,117)(H,98,118)(H,99,111)(H,100,112)(H,101,113)(H,102,114)/b76-75+/t51-,52-,53-,54-,55-,56-,67-,68-,69-,70-,71-,72-/m0/s1. The fourth-order valence-electron chi connectivity index (χ4n) is 15.6. The molecule has 8 rings (SSSR count). The van der Waals surface area contributed by atoms with Gasteiger partial charge in [-0.15, -0.1) is 10.2 Å². The number of nitrogens with one attached hydrogen (secondary N) is 8. The summed E-state index contributed by atoms with van der Waals surface area (Å²) in [5.74, 6) is -4.36. The van der Waals surface area contributed by atoms with Crippen molar-refractivity contribution in [3.8, 4) is 11.4 Å². The number of hydrogen-bond acceptors (Lipinski definition) is 22. The number of nitrogens with zero attached hydrogens (tertiary/aromatic N) is 6. The maximum atomic E-state index is 14.0. The molecule has 32 nitrogen and oxygen atoms in total. The smallest absolute Gasteiger partial charge is 0.243 e. The van der Waals surface area contributed by atoms with Gasteiger partial charge in [-0.3, -0.25) is 47.9 Å². The van der Waals surface area contributed by atoms with Crippen molar-refractivity contribution in [1.82, 2.24) is 72.5 Å². The topological polar surface area (TPSA) is 537 Å². The number of fused-ring (bicyclic) bond motifs is 6. The van der Waals surface area contributed by atoms with E-state index in [1.807, 2.05) is 12.4 Å². The predicted molar refractivity (Wildman–Crippen MR) is 458 cm³/mol. The Kier molecular flexibility index (Phi) is 37.4. The second-order valence-electron chi connectivity index (χ2n) is 32.1. The van der Waals surface area contributed by atoms with Gasteiger partial charge in [-0.1, -0.05) is 73.5 Å². The van der Waals surface area contributed by atoms with Crippen LogP contribution in [0.3, 0.4) is 0 Å². The number of aryl methyl sites for hydroxylation is 2. The van der Waals surface area contributed by atoms with E-state index >= 15 is 0 Å². The summed E-state index contributed by atoms with van der Waals surface area (Å²) in [6.07, 6.45) is 17.0. The highest BCUT2D eigenvalue weighted by atomic mass is 16.2. The summed E-state index contributed by atoms with van der Waals surface area (Å²) in [6, 6.07) is 12.1. The van der Waals surface area contributed by atoms with Crippen LogP contribution in [0.25, 0.3) is 44.1 Å². The zero-order chi connectivity index (χ0) is 85.5. The Bertz CT molecular complexity index is 4150. The molecule has 2 aliphatic carbocycles. The quantitative estimate of drug-likeness (QED) is 0.0242. The lowest BCUT2D eigenvalue weighted by atomic mass is 9.85. The van der Waals surface area contributed by atoms with Gasteiger partial charge in [-0.05, 0) is 299 Å².